The fourth-order valence-corrected chi connectivity index (χ4v) is 0.297. The van der Waals surface area contributed by atoms with Crippen molar-refractivity contribution in [3.63, 3.8) is 0 Å². The van der Waals surface area contributed by atoms with Gasteiger partial charge >= 0.3 is 5.97 Å². The fraction of sp³-hybridized carbons (Fsp3) is 0.714. The number of rotatable bonds is 2. The van der Waals surface area contributed by atoms with E-state index in [1.54, 1.807) is 6.92 Å². The molecule has 0 saturated carbocycles. The molecule has 0 aliphatic carbocycles. The molecule has 0 aromatic heterocycles. The quantitative estimate of drug-likeness (QED) is 0.572. The molecular weight excluding hydrogens is 162 g/mol. The van der Waals surface area contributed by atoms with E-state index in [9.17, 15) is 4.79 Å². The molecule has 72 valence electrons. The normalized spacial score (nSPS) is 10.7. The van der Waals surface area contributed by atoms with E-state index in [4.69, 9.17) is 15.6 Å². The number of hydrogen-bond acceptors (Lipinski definition) is 4. The summed E-state index contributed by atoms with van der Waals surface area (Å²) in [5.74, 6) is -1.24. The highest BCUT2D eigenvalue weighted by Crippen LogP contribution is 1.91. The third kappa shape index (κ3) is 11.7. The largest absolute Gasteiger partial charge is 0.481 e. The van der Waals surface area contributed by atoms with Gasteiger partial charge in [0.15, 0.2) is 0 Å². The van der Waals surface area contributed by atoms with Crippen LogP contribution in [0.3, 0.4) is 0 Å². The highest BCUT2D eigenvalue weighted by atomic mass is 16.5. The SMILES string of the molecule is CC(=O)O.COC(=O)C(C)CN. The van der Waals surface area contributed by atoms with Crippen LogP contribution in [0.1, 0.15) is 13.8 Å². The summed E-state index contributed by atoms with van der Waals surface area (Å²) in [6.45, 7) is 3.17. The first-order valence-electron chi connectivity index (χ1n) is 3.43. The minimum absolute atomic E-state index is 0.167. The lowest BCUT2D eigenvalue weighted by atomic mass is 10.2. The summed E-state index contributed by atoms with van der Waals surface area (Å²) in [6, 6.07) is 0. The third-order valence-electron chi connectivity index (χ3n) is 0.957. The van der Waals surface area contributed by atoms with Crippen molar-refractivity contribution in [2.75, 3.05) is 13.7 Å². The Balaban J connectivity index is 0. The minimum Gasteiger partial charge on any atom is -0.481 e. The predicted octanol–water partition coefficient (Wildman–Crippen LogP) is -0.155. The Morgan fingerprint density at radius 2 is 1.92 bits per heavy atom. The molecule has 1 atom stereocenters. The van der Waals surface area contributed by atoms with Crippen molar-refractivity contribution in [2.24, 2.45) is 11.7 Å². The molecule has 0 aromatic rings. The Morgan fingerprint density at radius 3 is 2.00 bits per heavy atom. The van der Waals surface area contributed by atoms with Crippen molar-refractivity contribution in [3.05, 3.63) is 0 Å². The lowest BCUT2D eigenvalue weighted by molar-refractivity contribution is -0.144. The highest BCUT2D eigenvalue weighted by molar-refractivity contribution is 5.71. The predicted molar refractivity (Wildman–Crippen MR) is 43.5 cm³/mol. The van der Waals surface area contributed by atoms with Crippen LogP contribution in [0.25, 0.3) is 0 Å². The molecule has 0 aliphatic rings. The molecule has 1 unspecified atom stereocenters. The van der Waals surface area contributed by atoms with Gasteiger partial charge in [0.05, 0.1) is 13.0 Å². The topological polar surface area (TPSA) is 89.6 Å². The van der Waals surface area contributed by atoms with E-state index < -0.39 is 5.97 Å². The summed E-state index contributed by atoms with van der Waals surface area (Å²) in [5.41, 5.74) is 5.15. The summed E-state index contributed by atoms with van der Waals surface area (Å²) >= 11 is 0. The number of hydrogen-bond donors (Lipinski definition) is 2. The van der Waals surface area contributed by atoms with E-state index in [1.165, 1.54) is 7.11 Å². The standard InChI is InChI=1S/C5H11NO2.C2H4O2/c1-4(3-6)5(7)8-2;1-2(3)4/h4H,3,6H2,1-2H3;1H3,(H,3,4). The monoisotopic (exact) mass is 177 g/mol. The zero-order valence-electron chi connectivity index (χ0n) is 7.53. The highest BCUT2D eigenvalue weighted by Gasteiger charge is 2.08. The maximum atomic E-state index is 10.4. The van der Waals surface area contributed by atoms with Gasteiger partial charge in [-0.2, -0.15) is 0 Å². The van der Waals surface area contributed by atoms with Gasteiger partial charge in [-0.3, -0.25) is 9.59 Å². The van der Waals surface area contributed by atoms with Gasteiger partial charge in [-0.05, 0) is 0 Å². The van der Waals surface area contributed by atoms with Crippen LogP contribution >= 0.6 is 0 Å². The maximum absolute atomic E-state index is 10.4. The molecule has 0 fully saturated rings. The molecule has 0 amide bonds. The molecule has 0 rings (SSSR count). The second kappa shape index (κ2) is 8.00. The molecule has 0 aromatic carbocycles. The molecule has 0 spiro atoms. The molecule has 5 heteroatoms. The van der Waals surface area contributed by atoms with Gasteiger partial charge in [0, 0.05) is 13.5 Å². The molecular formula is C7H15NO4. The average molecular weight is 177 g/mol. The fourth-order valence-electron chi connectivity index (χ4n) is 0.297. The summed E-state index contributed by atoms with van der Waals surface area (Å²) in [5, 5.41) is 7.42. The van der Waals surface area contributed by atoms with Crippen molar-refractivity contribution in [2.45, 2.75) is 13.8 Å². The minimum atomic E-state index is -0.833. The number of carbonyl (C=O) groups excluding carboxylic acids is 1. The molecule has 0 saturated heterocycles. The Labute approximate surface area is 71.5 Å². The molecule has 0 aliphatic heterocycles. The zero-order valence-corrected chi connectivity index (χ0v) is 7.53. The van der Waals surface area contributed by atoms with E-state index in [-0.39, 0.29) is 11.9 Å². The van der Waals surface area contributed by atoms with Gasteiger partial charge in [-0.25, -0.2) is 0 Å². The van der Waals surface area contributed by atoms with Crippen LogP contribution < -0.4 is 5.73 Å². The molecule has 0 bridgehead atoms. The van der Waals surface area contributed by atoms with Crippen molar-refractivity contribution in [1.82, 2.24) is 0 Å². The second-order valence-corrected chi connectivity index (χ2v) is 2.18. The van der Waals surface area contributed by atoms with E-state index in [2.05, 4.69) is 4.74 Å². The average Bonchev–Trinajstić information content (AvgIpc) is 2.00. The number of nitrogens with two attached hydrogens (primary N) is 1. The van der Waals surface area contributed by atoms with Gasteiger partial charge in [-0.15, -0.1) is 0 Å². The van der Waals surface area contributed by atoms with Gasteiger partial charge in [0.2, 0.25) is 0 Å². The van der Waals surface area contributed by atoms with Crippen LogP contribution in [0.5, 0.6) is 0 Å². The van der Waals surface area contributed by atoms with Gasteiger partial charge in [0.1, 0.15) is 0 Å². The lowest BCUT2D eigenvalue weighted by Gasteiger charge is -2.02. The number of carboxylic acid groups (broad SMARTS) is 1. The van der Waals surface area contributed by atoms with Crippen LogP contribution in [-0.4, -0.2) is 30.7 Å². The molecule has 12 heavy (non-hydrogen) atoms. The first-order valence-corrected chi connectivity index (χ1v) is 3.43. The molecule has 3 N–H and O–H groups in total. The van der Waals surface area contributed by atoms with Crippen molar-refractivity contribution < 1.29 is 19.4 Å². The number of ether oxygens (including phenoxy) is 1. The number of aliphatic carboxylic acids is 1. The Morgan fingerprint density at radius 1 is 1.58 bits per heavy atom. The smallest absolute Gasteiger partial charge is 0.309 e. The number of carbonyl (C=O) groups is 2. The first kappa shape index (κ1) is 13.5. The van der Waals surface area contributed by atoms with Gasteiger partial charge in [-0.1, -0.05) is 6.92 Å². The second-order valence-electron chi connectivity index (χ2n) is 2.18. The Kier molecular flexibility index (Phi) is 8.99. The molecule has 0 heterocycles. The van der Waals surface area contributed by atoms with Gasteiger partial charge in [0.25, 0.3) is 5.97 Å². The van der Waals surface area contributed by atoms with Crippen LogP contribution in [0.15, 0.2) is 0 Å². The number of methoxy groups -OCH3 is 1. The summed E-state index contributed by atoms with van der Waals surface area (Å²) in [4.78, 5) is 19.4. The van der Waals surface area contributed by atoms with Crippen LogP contribution in [0.4, 0.5) is 0 Å². The van der Waals surface area contributed by atoms with Crippen LogP contribution in [0.2, 0.25) is 0 Å². The van der Waals surface area contributed by atoms with Crippen LogP contribution in [-0.2, 0) is 14.3 Å². The van der Waals surface area contributed by atoms with Crippen molar-refractivity contribution in [3.8, 4) is 0 Å². The first-order chi connectivity index (χ1) is 5.45. The van der Waals surface area contributed by atoms with Crippen LogP contribution in [0, 0.1) is 5.92 Å². The van der Waals surface area contributed by atoms with E-state index in [0.717, 1.165) is 6.92 Å². The summed E-state index contributed by atoms with van der Waals surface area (Å²) in [6.07, 6.45) is 0. The summed E-state index contributed by atoms with van der Waals surface area (Å²) in [7, 11) is 1.36. The van der Waals surface area contributed by atoms with Crippen molar-refractivity contribution >= 4 is 11.9 Å². The van der Waals surface area contributed by atoms with Crippen molar-refractivity contribution in [1.29, 1.82) is 0 Å². The third-order valence-corrected chi connectivity index (χ3v) is 0.957. The number of carboxylic acids is 1. The lowest BCUT2D eigenvalue weighted by Crippen LogP contribution is -2.21. The Hall–Kier alpha value is -1.10. The zero-order chi connectivity index (χ0) is 10.1. The Bertz CT molecular complexity index is 142. The van der Waals surface area contributed by atoms with Gasteiger partial charge < -0.3 is 15.6 Å². The van der Waals surface area contributed by atoms with E-state index >= 15 is 0 Å². The summed E-state index contributed by atoms with van der Waals surface area (Å²) < 4.78 is 4.38. The molecule has 0 radical (unpaired) electrons. The van der Waals surface area contributed by atoms with E-state index in [1.807, 2.05) is 0 Å². The maximum Gasteiger partial charge on any atom is 0.309 e. The number of esters is 1. The molecule has 5 nitrogen and oxygen atoms in total. The van der Waals surface area contributed by atoms with E-state index in [0.29, 0.717) is 6.54 Å².